The lowest BCUT2D eigenvalue weighted by Gasteiger charge is -2.10. The Bertz CT molecular complexity index is 671. The Morgan fingerprint density at radius 2 is 1.27 bits per heavy atom. The van der Waals surface area contributed by atoms with Crippen LogP contribution in [-0.2, 0) is 6.42 Å². The molecule has 2 rings (SSSR count). The normalized spacial score (nSPS) is 11.2. The first-order valence-corrected chi connectivity index (χ1v) is 10.8. The van der Waals surface area contributed by atoms with Crippen molar-refractivity contribution in [1.82, 2.24) is 0 Å². The van der Waals surface area contributed by atoms with E-state index in [0.717, 1.165) is 17.4 Å². The summed E-state index contributed by atoms with van der Waals surface area (Å²) >= 11 is 0. The van der Waals surface area contributed by atoms with Crippen LogP contribution in [0.2, 0.25) is 0 Å². The minimum atomic E-state index is 0.242. The zero-order valence-corrected chi connectivity index (χ0v) is 16.9. The van der Waals surface area contributed by atoms with Crippen LogP contribution >= 0.6 is 0 Å². The average Bonchev–Trinajstić information content (AvgIpc) is 2.68. The van der Waals surface area contributed by atoms with E-state index in [-0.39, 0.29) is 5.78 Å². The minimum Gasteiger partial charge on any atom is -0.294 e. The zero-order chi connectivity index (χ0) is 18.6. The van der Waals surface area contributed by atoms with Crippen molar-refractivity contribution in [2.45, 2.75) is 90.9 Å². The second-order valence-corrected chi connectivity index (χ2v) is 7.53. The maximum absolute atomic E-state index is 12.2. The third-order valence-corrected chi connectivity index (χ3v) is 5.44. The third-order valence-electron chi connectivity index (χ3n) is 5.44. The molecule has 0 fully saturated rings. The van der Waals surface area contributed by atoms with Crippen LogP contribution in [0.3, 0.4) is 0 Å². The molecule has 142 valence electrons. The van der Waals surface area contributed by atoms with Crippen LogP contribution in [0.5, 0.6) is 0 Å². The summed E-state index contributed by atoms with van der Waals surface area (Å²) in [6.45, 7) is 4.22. The Hall–Kier alpha value is -1.63. The number of fused-ring (bicyclic) bond motifs is 1. The number of Topliss-reactive ketones (excluding diaryl/α,β-unsaturated/α-hetero) is 1. The quantitative estimate of drug-likeness (QED) is 0.264. The van der Waals surface area contributed by atoms with Crippen LogP contribution in [-0.4, -0.2) is 5.78 Å². The molecule has 0 aliphatic rings. The van der Waals surface area contributed by atoms with Gasteiger partial charge in [0.15, 0.2) is 5.78 Å². The van der Waals surface area contributed by atoms with Gasteiger partial charge in [-0.15, -0.1) is 0 Å². The van der Waals surface area contributed by atoms with Crippen molar-refractivity contribution >= 4 is 16.6 Å². The first kappa shape index (κ1) is 20.7. The van der Waals surface area contributed by atoms with Crippen molar-refractivity contribution < 1.29 is 4.79 Å². The highest BCUT2D eigenvalue weighted by Gasteiger charge is 2.10. The van der Waals surface area contributed by atoms with E-state index in [4.69, 9.17) is 0 Å². The molecular weight excluding hydrogens is 316 g/mol. The lowest BCUT2D eigenvalue weighted by molar-refractivity contribution is 0.0989. The fourth-order valence-electron chi connectivity index (χ4n) is 3.82. The van der Waals surface area contributed by atoms with Crippen LogP contribution in [0.15, 0.2) is 36.4 Å². The van der Waals surface area contributed by atoms with E-state index in [9.17, 15) is 4.79 Å². The van der Waals surface area contributed by atoms with Crippen LogP contribution in [0.25, 0.3) is 10.8 Å². The third kappa shape index (κ3) is 6.27. The molecule has 1 heteroatoms. The molecule has 0 N–H and O–H groups in total. The van der Waals surface area contributed by atoms with E-state index < -0.39 is 0 Å². The van der Waals surface area contributed by atoms with E-state index in [0.29, 0.717) is 6.42 Å². The Labute approximate surface area is 160 Å². The number of carbonyl (C=O) groups is 1. The molecule has 0 saturated heterocycles. The molecule has 0 aromatic heterocycles. The molecule has 0 spiro atoms. The van der Waals surface area contributed by atoms with E-state index in [1.807, 2.05) is 19.1 Å². The maximum Gasteiger partial charge on any atom is 0.163 e. The standard InChI is InChI=1S/C25H36O/c1-3-5-6-7-8-9-10-11-12-13-16-21-19-20-24(25(26)4-2)23-18-15-14-17-22(21)23/h14-15,17-20H,3-13,16H2,1-2H3. The molecule has 0 amide bonds. The number of benzene rings is 2. The molecule has 0 atom stereocenters. The number of rotatable bonds is 13. The van der Waals surface area contributed by atoms with Crippen LogP contribution in [0.1, 0.15) is 100 Å². The molecular formula is C25H36O. The molecule has 0 radical (unpaired) electrons. The number of aryl methyl sites for hydroxylation is 1. The SMILES string of the molecule is CCCCCCCCCCCCc1ccc(C(=O)CC)c2ccccc12. The monoisotopic (exact) mass is 352 g/mol. The largest absolute Gasteiger partial charge is 0.294 e. The molecule has 0 saturated carbocycles. The number of hydrogen-bond donors (Lipinski definition) is 0. The molecule has 0 aliphatic heterocycles. The summed E-state index contributed by atoms with van der Waals surface area (Å²) in [6, 6.07) is 12.6. The van der Waals surface area contributed by atoms with Crippen LogP contribution in [0.4, 0.5) is 0 Å². The van der Waals surface area contributed by atoms with Gasteiger partial charge in [0.1, 0.15) is 0 Å². The zero-order valence-electron chi connectivity index (χ0n) is 16.9. The summed E-state index contributed by atoms with van der Waals surface area (Å²) in [5.41, 5.74) is 2.28. The summed E-state index contributed by atoms with van der Waals surface area (Å²) in [5, 5.41) is 2.40. The lowest BCUT2D eigenvalue weighted by Crippen LogP contribution is -1.99. The molecule has 0 unspecified atom stereocenters. The van der Waals surface area contributed by atoms with Gasteiger partial charge in [-0.2, -0.15) is 0 Å². The van der Waals surface area contributed by atoms with Gasteiger partial charge < -0.3 is 0 Å². The number of hydrogen-bond acceptors (Lipinski definition) is 1. The highest BCUT2D eigenvalue weighted by Crippen LogP contribution is 2.25. The van der Waals surface area contributed by atoms with Crippen LogP contribution in [0, 0.1) is 0 Å². The Balaban J connectivity index is 1.78. The molecule has 0 heterocycles. The van der Waals surface area contributed by atoms with Crippen molar-refractivity contribution in [2.75, 3.05) is 0 Å². The van der Waals surface area contributed by atoms with Gasteiger partial charge >= 0.3 is 0 Å². The molecule has 1 nitrogen and oxygen atoms in total. The van der Waals surface area contributed by atoms with Gasteiger partial charge in [-0.1, -0.05) is 108 Å². The number of ketones is 1. The molecule has 0 bridgehead atoms. The summed E-state index contributed by atoms with van der Waals surface area (Å²) in [6.07, 6.45) is 15.4. The maximum atomic E-state index is 12.2. The van der Waals surface area contributed by atoms with E-state index in [1.165, 1.54) is 75.2 Å². The lowest BCUT2D eigenvalue weighted by atomic mass is 9.94. The van der Waals surface area contributed by atoms with Gasteiger partial charge in [0.25, 0.3) is 0 Å². The fourth-order valence-corrected chi connectivity index (χ4v) is 3.82. The second kappa shape index (κ2) is 11.9. The number of unbranched alkanes of at least 4 members (excludes halogenated alkanes) is 9. The van der Waals surface area contributed by atoms with Gasteiger partial charge in [-0.05, 0) is 29.2 Å². The van der Waals surface area contributed by atoms with Crippen molar-refractivity contribution in [3.05, 3.63) is 47.5 Å². The first-order chi connectivity index (χ1) is 12.8. The minimum absolute atomic E-state index is 0.242. The Kier molecular flexibility index (Phi) is 9.45. The predicted octanol–water partition coefficient (Wildman–Crippen LogP) is 7.90. The van der Waals surface area contributed by atoms with Crippen molar-refractivity contribution in [3.63, 3.8) is 0 Å². The van der Waals surface area contributed by atoms with Gasteiger partial charge in [-0.3, -0.25) is 4.79 Å². The highest BCUT2D eigenvalue weighted by molar-refractivity contribution is 6.08. The van der Waals surface area contributed by atoms with E-state index in [1.54, 1.807) is 0 Å². The highest BCUT2D eigenvalue weighted by atomic mass is 16.1. The van der Waals surface area contributed by atoms with Gasteiger partial charge in [0.2, 0.25) is 0 Å². The van der Waals surface area contributed by atoms with Crippen LogP contribution < -0.4 is 0 Å². The average molecular weight is 353 g/mol. The van der Waals surface area contributed by atoms with Gasteiger partial charge in [0.05, 0.1) is 0 Å². The van der Waals surface area contributed by atoms with E-state index >= 15 is 0 Å². The summed E-state index contributed by atoms with van der Waals surface area (Å²) in [5.74, 6) is 0.242. The summed E-state index contributed by atoms with van der Waals surface area (Å²) < 4.78 is 0. The number of carbonyl (C=O) groups excluding carboxylic acids is 1. The van der Waals surface area contributed by atoms with Gasteiger partial charge in [0, 0.05) is 12.0 Å². The van der Waals surface area contributed by atoms with Crippen molar-refractivity contribution in [3.8, 4) is 0 Å². The summed E-state index contributed by atoms with van der Waals surface area (Å²) in [4.78, 5) is 12.2. The predicted molar refractivity (Wildman–Crippen MR) is 114 cm³/mol. The molecule has 0 aliphatic carbocycles. The van der Waals surface area contributed by atoms with E-state index in [2.05, 4.69) is 31.2 Å². The molecule has 2 aromatic carbocycles. The smallest absolute Gasteiger partial charge is 0.163 e. The molecule has 26 heavy (non-hydrogen) atoms. The Morgan fingerprint density at radius 1 is 0.692 bits per heavy atom. The topological polar surface area (TPSA) is 17.1 Å². The fraction of sp³-hybridized carbons (Fsp3) is 0.560. The Morgan fingerprint density at radius 3 is 1.88 bits per heavy atom. The van der Waals surface area contributed by atoms with Crippen molar-refractivity contribution in [2.24, 2.45) is 0 Å². The first-order valence-electron chi connectivity index (χ1n) is 10.8. The van der Waals surface area contributed by atoms with Gasteiger partial charge in [-0.25, -0.2) is 0 Å². The second-order valence-electron chi connectivity index (χ2n) is 7.53. The summed E-state index contributed by atoms with van der Waals surface area (Å²) in [7, 11) is 0. The molecule has 2 aromatic rings. The van der Waals surface area contributed by atoms with Crippen molar-refractivity contribution in [1.29, 1.82) is 0 Å².